The number of aromatic nitrogens is 2. The molecule has 88 valence electrons. The molecular weight excluding hydrogens is 304 g/mol. The van der Waals surface area contributed by atoms with Crippen molar-refractivity contribution in [2.24, 2.45) is 7.05 Å². The molecule has 5 heteroatoms. The number of imidazole rings is 1. The van der Waals surface area contributed by atoms with Crippen LogP contribution in [0.15, 0.2) is 35.1 Å². The van der Waals surface area contributed by atoms with Gasteiger partial charge in [-0.1, -0.05) is 27.5 Å². The first-order valence-corrected chi connectivity index (χ1v) is 6.19. The summed E-state index contributed by atoms with van der Waals surface area (Å²) < 4.78 is 2.63. The number of aryl methyl sites for hydroxylation is 1. The van der Waals surface area contributed by atoms with E-state index in [0.29, 0.717) is 10.6 Å². The van der Waals surface area contributed by atoms with E-state index in [4.69, 9.17) is 11.6 Å². The summed E-state index contributed by atoms with van der Waals surface area (Å²) >= 11 is 9.22. The van der Waals surface area contributed by atoms with E-state index in [1.54, 1.807) is 24.4 Å². The van der Waals surface area contributed by atoms with E-state index in [2.05, 4.69) is 20.9 Å². The van der Waals surface area contributed by atoms with Crippen LogP contribution in [0.1, 0.15) is 16.2 Å². The van der Waals surface area contributed by atoms with Crippen LogP contribution in [0, 0.1) is 0 Å². The lowest BCUT2D eigenvalue weighted by atomic mass is 10.1. The highest BCUT2D eigenvalue weighted by Gasteiger charge is 2.11. The van der Waals surface area contributed by atoms with Gasteiger partial charge in [-0.15, -0.1) is 0 Å². The van der Waals surface area contributed by atoms with Crippen molar-refractivity contribution in [2.75, 3.05) is 0 Å². The lowest BCUT2D eigenvalue weighted by Gasteiger charge is -2.03. The number of hydrogen-bond donors (Lipinski definition) is 0. The second-order valence-electron chi connectivity index (χ2n) is 3.71. The standard InChI is InChI=1S/C12H10BrClN2O/c1-16-3-2-15-12(16)7-11(17)8-4-9(13)6-10(14)5-8/h2-6H,7H2,1H3. The quantitative estimate of drug-likeness (QED) is 0.815. The van der Waals surface area contributed by atoms with E-state index in [1.165, 1.54) is 0 Å². The Morgan fingerprint density at radius 2 is 2.24 bits per heavy atom. The smallest absolute Gasteiger partial charge is 0.170 e. The topological polar surface area (TPSA) is 34.9 Å². The zero-order chi connectivity index (χ0) is 12.4. The summed E-state index contributed by atoms with van der Waals surface area (Å²) in [5.41, 5.74) is 0.590. The van der Waals surface area contributed by atoms with Crippen LogP contribution >= 0.6 is 27.5 Å². The summed E-state index contributed by atoms with van der Waals surface area (Å²) in [6.45, 7) is 0. The molecule has 0 saturated heterocycles. The molecule has 0 amide bonds. The molecule has 0 spiro atoms. The van der Waals surface area contributed by atoms with Crippen molar-refractivity contribution in [3.05, 3.63) is 51.5 Å². The molecule has 0 atom stereocenters. The molecule has 0 N–H and O–H groups in total. The molecule has 17 heavy (non-hydrogen) atoms. The third kappa shape index (κ3) is 2.96. The summed E-state index contributed by atoms with van der Waals surface area (Å²) in [7, 11) is 1.86. The molecule has 0 saturated carbocycles. The van der Waals surface area contributed by atoms with E-state index in [9.17, 15) is 4.79 Å². The van der Waals surface area contributed by atoms with Gasteiger partial charge in [0.25, 0.3) is 0 Å². The van der Waals surface area contributed by atoms with E-state index >= 15 is 0 Å². The Morgan fingerprint density at radius 3 is 2.82 bits per heavy atom. The average Bonchev–Trinajstić information content (AvgIpc) is 2.63. The van der Waals surface area contributed by atoms with Gasteiger partial charge in [-0.2, -0.15) is 0 Å². The molecular formula is C12H10BrClN2O. The molecule has 0 unspecified atom stereocenters. The Balaban J connectivity index is 2.23. The molecule has 0 bridgehead atoms. The highest BCUT2D eigenvalue weighted by Crippen LogP contribution is 2.20. The monoisotopic (exact) mass is 312 g/mol. The third-order valence-corrected chi connectivity index (χ3v) is 3.10. The summed E-state index contributed by atoms with van der Waals surface area (Å²) in [6, 6.07) is 5.17. The normalized spacial score (nSPS) is 10.5. The molecule has 2 rings (SSSR count). The first kappa shape index (κ1) is 12.3. The molecule has 0 aliphatic carbocycles. The lowest BCUT2D eigenvalue weighted by molar-refractivity contribution is 0.0990. The minimum atomic E-state index is 0.00231. The van der Waals surface area contributed by atoms with E-state index in [0.717, 1.165) is 10.3 Å². The van der Waals surface area contributed by atoms with Gasteiger partial charge in [-0.3, -0.25) is 4.79 Å². The number of ketones is 1. The van der Waals surface area contributed by atoms with Gasteiger partial charge >= 0.3 is 0 Å². The molecule has 3 nitrogen and oxygen atoms in total. The molecule has 1 heterocycles. The molecule has 0 radical (unpaired) electrons. The molecule has 1 aromatic heterocycles. The van der Waals surface area contributed by atoms with Crippen molar-refractivity contribution in [1.29, 1.82) is 0 Å². The molecule has 0 aliphatic heterocycles. The van der Waals surface area contributed by atoms with Crippen LogP contribution in [0.3, 0.4) is 0 Å². The van der Waals surface area contributed by atoms with E-state index in [-0.39, 0.29) is 12.2 Å². The van der Waals surface area contributed by atoms with Gasteiger partial charge in [0.1, 0.15) is 5.82 Å². The second kappa shape index (κ2) is 5.02. The van der Waals surface area contributed by atoms with Gasteiger partial charge < -0.3 is 4.57 Å². The number of carbonyl (C=O) groups excluding carboxylic acids is 1. The minimum Gasteiger partial charge on any atom is -0.338 e. The van der Waals surface area contributed by atoms with Crippen molar-refractivity contribution < 1.29 is 4.79 Å². The highest BCUT2D eigenvalue weighted by molar-refractivity contribution is 9.10. The number of carbonyl (C=O) groups is 1. The Bertz CT molecular complexity index is 545. The zero-order valence-electron chi connectivity index (χ0n) is 9.15. The first-order valence-electron chi connectivity index (χ1n) is 5.02. The largest absolute Gasteiger partial charge is 0.338 e. The van der Waals surface area contributed by atoms with Crippen LogP contribution in [0.2, 0.25) is 5.02 Å². The summed E-state index contributed by atoms with van der Waals surface area (Å²) in [5, 5.41) is 0.544. The number of benzene rings is 1. The van der Waals surface area contributed by atoms with Gasteiger partial charge in [0.15, 0.2) is 5.78 Å². The van der Waals surface area contributed by atoms with E-state index < -0.39 is 0 Å². The molecule has 0 aliphatic rings. The second-order valence-corrected chi connectivity index (χ2v) is 5.06. The van der Waals surface area contributed by atoms with Gasteiger partial charge in [0.05, 0.1) is 6.42 Å². The van der Waals surface area contributed by atoms with Crippen LogP contribution in [0.5, 0.6) is 0 Å². The fourth-order valence-corrected chi connectivity index (χ4v) is 2.39. The molecule has 2 aromatic rings. The minimum absolute atomic E-state index is 0.00231. The summed E-state index contributed by atoms with van der Waals surface area (Å²) in [5.74, 6) is 0.744. The van der Waals surface area contributed by atoms with Crippen molar-refractivity contribution in [1.82, 2.24) is 9.55 Å². The van der Waals surface area contributed by atoms with Gasteiger partial charge in [-0.05, 0) is 18.2 Å². The van der Waals surface area contributed by atoms with Crippen LogP contribution < -0.4 is 0 Å². The van der Waals surface area contributed by atoms with Crippen LogP contribution in [0.4, 0.5) is 0 Å². The number of hydrogen-bond acceptors (Lipinski definition) is 2. The predicted molar refractivity (Wildman–Crippen MR) is 70.4 cm³/mol. The fourth-order valence-electron chi connectivity index (χ4n) is 1.53. The molecule has 1 aromatic carbocycles. The van der Waals surface area contributed by atoms with E-state index in [1.807, 2.05) is 17.8 Å². The molecule has 0 fully saturated rings. The summed E-state index contributed by atoms with van der Waals surface area (Å²) in [6.07, 6.45) is 3.77. The van der Waals surface area contributed by atoms with Gasteiger partial charge in [0, 0.05) is 34.5 Å². The number of Topliss-reactive ketones (excluding diaryl/α,β-unsaturated/α-hetero) is 1. The lowest BCUT2D eigenvalue weighted by Crippen LogP contribution is -2.08. The van der Waals surface area contributed by atoms with Gasteiger partial charge in [-0.25, -0.2) is 4.98 Å². The van der Waals surface area contributed by atoms with Crippen molar-refractivity contribution >= 4 is 33.3 Å². The number of nitrogens with zero attached hydrogens (tertiary/aromatic N) is 2. The average molecular weight is 314 g/mol. The first-order chi connectivity index (χ1) is 8.06. The number of halogens is 2. The maximum atomic E-state index is 12.0. The third-order valence-electron chi connectivity index (χ3n) is 2.42. The van der Waals surface area contributed by atoms with Crippen molar-refractivity contribution in [3.8, 4) is 0 Å². The Kier molecular flexibility index (Phi) is 3.64. The fraction of sp³-hybridized carbons (Fsp3) is 0.167. The highest BCUT2D eigenvalue weighted by atomic mass is 79.9. The Hall–Kier alpha value is -1.13. The predicted octanol–water partition coefficient (Wildman–Crippen LogP) is 3.26. The van der Waals surface area contributed by atoms with Crippen LogP contribution in [0.25, 0.3) is 0 Å². The zero-order valence-corrected chi connectivity index (χ0v) is 11.5. The van der Waals surface area contributed by atoms with Gasteiger partial charge in [0.2, 0.25) is 0 Å². The number of rotatable bonds is 3. The Labute approximate surface area is 113 Å². The maximum Gasteiger partial charge on any atom is 0.170 e. The Morgan fingerprint density at radius 1 is 1.47 bits per heavy atom. The SMILES string of the molecule is Cn1ccnc1CC(=O)c1cc(Cl)cc(Br)c1. The summed E-state index contributed by atoms with van der Waals surface area (Å²) in [4.78, 5) is 16.2. The maximum absolute atomic E-state index is 12.0. The van der Waals surface area contributed by atoms with Crippen LogP contribution in [-0.2, 0) is 13.5 Å². The van der Waals surface area contributed by atoms with Crippen molar-refractivity contribution in [2.45, 2.75) is 6.42 Å². The van der Waals surface area contributed by atoms with Crippen molar-refractivity contribution in [3.63, 3.8) is 0 Å². The van der Waals surface area contributed by atoms with Crippen LogP contribution in [-0.4, -0.2) is 15.3 Å².